The van der Waals surface area contributed by atoms with Gasteiger partial charge in [0.2, 0.25) is 0 Å². The molecule has 2 N–H and O–H groups in total. The monoisotopic (exact) mass is 250 g/mol. The molecule has 1 aromatic rings. The number of hydrogen-bond donors (Lipinski definition) is 2. The normalized spacial score (nSPS) is 25.8. The van der Waals surface area contributed by atoms with Crippen LogP contribution in [0.1, 0.15) is 49.8 Å². The lowest BCUT2D eigenvalue weighted by atomic mass is 9.94. The van der Waals surface area contributed by atoms with E-state index in [0.717, 1.165) is 36.8 Å². The average molecular weight is 250 g/mol. The first-order valence-corrected chi connectivity index (χ1v) is 6.71. The SMILES string of the molecule is Cc1ccc([C@@H](C)O)c(OC2CCCCC2O)c1. The second-order valence-electron chi connectivity index (χ2n) is 5.23. The van der Waals surface area contributed by atoms with Gasteiger partial charge < -0.3 is 14.9 Å². The van der Waals surface area contributed by atoms with Gasteiger partial charge in [0.15, 0.2) is 0 Å². The van der Waals surface area contributed by atoms with E-state index in [-0.39, 0.29) is 12.2 Å². The first kappa shape index (κ1) is 13.4. The molecule has 1 aliphatic carbocycles. The average Bonchev–Trinajstić information content (AvgIpc) is 2.32. The van der Waals surface area contributed by atoms with Gasteiger partial charge in [-0.25, -0.2) is 0 Å². The number of aliphatic hydroxyl groups is 2. The van der Waals surface area contributed by atoms with Crippen molar-refractivity contribution in [3.8, 4) is 5.75 Å². The maximum atomic E-state index is 9.94. The second-order valence-corrected chi connectivity index (χ2v) is 5.23. The molecule has 1 fully saturated rings. The summed E-state index contributed by atoms with van der Waals surface area (Å²) in [5.41, 5.74) is 1.89. The van der Waals surface area contributed by atoms with Crippen LogP contribution in [0.15, 0.2) is 18.2 Å². The van der Waals surface area contributed by atoms with Crippen LogP contribution in [0.4, 0.5) is 0 Å². The zero-order valence-corrected chi connectivity index (χ0v) is 11.1. The predicted octanol–water partition coefficient (Wildman–Crippen LogP) is 2.73. The molecule has 18 heavy (non-hydrogen) atoms. The molecule has 1 aromatic carbocycles. The Morgan fingerprint density at radius 3 is 2.67 bits per heavy atom. The minimum absolute atomic E-state index is 0.141. The summed E-state index contributed by atoms with van der Waals surface area (Å²) in [6.45, 7) is 3.73. The molecule has 0 radical (unpaired) electrons. The third-order valence-electron chi connectivity index (χ3n) is 3.57. The summed E-state index contributed by atoms with van der Waals surface area (Å²) in [7, 11) is 0. The Morgan fingerprint density at radius 1 is 1.28 bits per heavy atom. The minimum atomic E-state index is -0.554. The standard InChI is InChI=1S/C15H22O3/c1-10-7-8-12(11(2)16)15(9-10)18-14-6-4-3-5-13(14)17/h7-9,11,13-14,16-17H,3-6H2,1-2H3/t11-,13?,14?/m1/s1. The summed E-state index contributed by atoms with van der Waals surface area (Å²) >= 11 is 0. The summed E-state index contributed by atoms with van der Waals surface area (Å²) in [4.78, 5) is 0. The summed E-state index contributed by atoms with van der Waals surface area (Å²) in [6.07, 6.45) is 2.77. The number of benzene rings is 1. The Bertz CT molecular complexity index is 401. The number of aryl methyl sites for hydroxylation is 1. The first-order valence-electron chi connectivity index (χ1n) is 6.71. The third kappa shape index (κ3) is 3.03. The van der Waals surface area contributed by atoms with Crippen molar-refractivity contribution in [1.82, 2.24) is 0 Å². The maximum Gasteiger partial charge on any atom is 0.125 e. The Kier molecular flexibility index (Phi) is 4.25. The van der Waals surface area contributed by atoms with E-state index < -0.39 is 6.10 Å². The van der Waals surface area contributed by atoms with Gasteiger partial charge in [-0.2, -0.15) is 0 Å². The first-order chi connectivity index (χ1) is 8.58. The van der Waals surface area contributed by atoms with E-state index in [4.69, 9.17) is 4.74 Å². The molecule has 0 amide bonds. The molecule has 0 spiro atoms. The van der Waals surface area contributed by atoms with Gasteiger partial charge in [-0.05, 0) is 44.7 Å². The van der Waals surface area contributed by atoms with Crippen LogP contribution in [-0.2, 0) is 0 Å². The molecule has 3 atom stereocenters. The van der Waals surface area contributed by atoms with Crippen LogP contribution in [-0.4, -0.2) is 22.4 Å². The molecule has 3 heteroatoms. The summed E-state index contributed by atoms with van der Waals surface area (Å²) < 4.78 is 5.93. The summed E-state index contributed by atoms with van der Waals surface area (Å²) in [6, 6.07) is 5.79. The van der Waals surface area contributed by atoms with Crippen molar-refractivity contribution in [2.24, 2.45) is 0 Å². The Labute approximate surface area is 108 Å². The van der Waals surface area contributed by atoms with Crippen molar-refractivity contribution >= 4 is 0 Å². The highest BCUT2D eigenvalue weighted by atomic mass is 16.5. The molecular weight excluding hydrogens is 228 g/mol. The van der Waals surface area contributed by atoms with Gasteiger partial charge in [0.05, 0.1) is 12.2 Å². The molecule has 0 bridgehead atoms. The van der Waals surface area contributed by atoms with Gasteiger partial charge in [-0.3, -0.25) is 0 Å². The number of hydrogen-bond acceptors (Lipinski definition) is 3. The number of ether oxygens (including phenoxy) is 1. The van der Waals surface area contributed by atoms with E-state index in [1.54, 1.807) is 6.92 Å². The Hall–Kier alpha value is -1.06. The molecule has 1 aliphatic rings. The molecule has 2 rings (SSSR count). The van der Waals surface area contributed by atoms with Crippen molar-refractivity contribution < 1.29 is 14.9 Å². The van der Waals surface area contributed by atoms with Crippen LogP contribution in [0, 0.1) is 6.92 Å². The summed E-state index contributed by atoms with van der Waals surface area (Å²) in [5.74, 6) is 0.705. The van der Waals surface area contributed by atoms with Gasteiger partial charge in [-0.15, -0.1) is 0 Å². The van der Waals surface area contributed by atoms with Crippen molar-refractivity contribution in [2.45, 2.75) is 57.8 Å². The molecule has 0 heterocycles. The molecule has 0 aromatic heterocycles. The minimum Gasteiger partial charge on any atom is -0.487 e. The lowest BCUT2D eigenvalue weighted by Crippen LogP contribution is -2.34. The maximum absolute atomic E-state index is 9.94. The van der Waals surface area contributed by atoms with Gasteiger partial charge in [0.25, 0.3) is 0 Å². The zero-order chi connectivity index (χ0) is 13.1. The van der Waals surface area contributed by atoms with Crippen LogP contribution in [0.3, 0.4) is 0 Å². The van der Waals surface area contributed by atoms with Crippen LogP contribution >= 0.6 is 0 Å². The van der Waals surface area contributed by atoms with Crippen molar-refractivity contribution in [3.05, 3.63) is 29.3 Å². The number of aliphatic hydroxyl groups excluding tert-OH is 2. The highest BCUT2D eigenvalue weighted by Crippen LogP contribution is 2.30. The lowest BCUT2D eigenvalue weighted by molar-refractivity contribution is 0.00525. The van der Waals surface area contributed by atoms with Crippen molar-refractivity contribution in [1.29, 1.82) is 0 Å². The largest absolute Gasteiger partial charge is 0.487 e. The van der Waals surface area contributed by atoms with Crippen LogP contribution in [0.2, 0.25) is 0 Å². The fraction of sp³-hybridized carbons (Fsp3) is 0.600. The molecule has 2 unspecified atom stereocenters. The molecule has 3 nitrogen and oxygen atoms in total. The van der Waals surface area contributed by atoms with Gasteiger partial charge >= 0.3 is 0 Å². The van der Waals surface area contributed by atoms with Crippen molar-refractivity contribution in [2.75, 3.05) is 0 Å². The second kappa shape index (κ2) is 5.72. The van der Waals surface area contributed by atoms with E-state index >= 15 is 0 Å². The zero-order valence-electron chi connectivity index (χ0n) is 11.1. The molecule has 1 saturated carbocycles. The van der Waals surface area contributed by atoms with Crippen LogP contribution in [0.5, 0.6) is 5.75 Å². The van der Waals surface area contributed by atoms with Crippen molar-refractivity contribution in [3.63, 3.8) is 0 Å². The van der Waals surface area contributed by atoms with Crippen LogP contribution < -0.4 is 4.74 Å². The number of rotatable bonds is 3. The highest BCUT2D eigenvalue weighted by Gasteiger charge is 2.25. The smallest absolute Gasteiger partial charge is 0.125 e. The Morgan fingerprint density at radius 2 is 2.00 bits per heavy atom. The molecule has 0 saturated heterocycles. The van der Waals surface area contributed by atoms with E-state index in [1.165, 1.54) is 0 Å². The quantitative estimate of drug-likeness (QED) is 0.867. The van der Waals surface area contributed by atoms with Crippen LogP contribution in [0.25, 0.3) is 0 Å². The fourth-order valence-electron chi connectivity index (χ4n) is 2.47. The van der Waals surface area contributed by atoms with Gasteiger partial charge in [0.1, 0.15) is 11.9 Å². The van der Waals surface area contributed by atoms with E-state index in [2.05, 4.69) is 0 Å². The summed E-state index contributed by atoms with van der Waals surface area (Å²) in [5, 5.41) is 19.7. The molecule has 0 aliphatic heterocycles. The predicted molar refractivity (Wildman–Crippen MR) is 70.7 cm³/mol. The molecular formula is C15H22O3. The Balaban J connectivity index is 2.18. The fourth-order valence-corrected chi connectivity index (χ4v) is 2.47. The van der Waals surface area contributed by atoms with Gasteiger partial charge in [-0.1, -0.05) is 18.6 Å². The highest BCUT2D eigenvalue weighted by molar-refractivity contribution is 5.38. The lowest BCUT2D eigenvalue weighted by Gasteiger charge is -2.29. The molecule has 100 valence electrons. The van der Waals surface area contributed by atoms with E-state index in [1.807, 2.05) is 25.1 Å². The topological polar surface area (TPSA) is 49.7 Å². The third-order valence-corrected chi connectivity index (χ3v) is 3.57. The van der Waals surface area contributed by atoms with E-state index in [9.17, 15) is 10.2 Å². The van der Waals surface area contributed by atoms with E-state index in [0.29, 0.717) is 5.75 Å². The van der Waals surface area contributed by atoms with Gasteiger partial charge in [0, 0.05) is 5.56 Å².